The fourth-order valence-corrected chi connectivity index (χ4v) is 3.13. The molecule has 0 spiro atoms. The van der Waals surface area contributed by atoms with Crippen LogP contribution in [0.25, 0.3) is 21.5 Å². The first-order valence-corrected chi connectivity index (χ1v) is 7.91. The van der Waals surface area contributed by atoms with E-state index in [-0.39, 0.29) is 0 Å². The normalized spacial score (nSPS) is 13.3. The maximum absolute atomic E-state index is 12.0. The summed E-state index contributed by atoms with van der Waals surface area (Å²) in [5.74, 6) is -0.567. The van der Waals surface area contributed by atoms with E-state index >= 15 is 0 Å². The van der Waals surface area contributed by atoms with Gasteiger partial charge in [-0.1, -0.05) is 18.2 Å². The van der Waals surface area contributed by atoms with Gasteiger partial charge in [0.05, 0.1) is 29.3 Å². The van der Waals surface area contributed by atoms with E-state index in [4.69, 9.17) is 4.74 Å². The lowest BCUT2D eigenvalue weighted by Crippen LogP contribution is -2.32. The van der Waals surface area contributed by atoms with Gasteiger partial charge >= 0.3 is 5.97 Å². The fourth-order valence-electron chi connectivity index (χ4n) is 2.43. The summed E-state index contributed by atoms with van der Waals surface area (Å²) in [6, 6.07) is 15.4. The van der Waals surface area contributed by atoms with Crippen LogP contribution in [-0.2, 0) is 14.9 Å². The minimum absolute atomic E-state index is 0.567. The molecule has 0 bridgehead atoms. The number of hydrogen-bond acceptors (Lipinski definition) is 5. The van der Waals surface area contributed by atoms with Crippen molar-refractivity contribution in [1.29, 1.82) is 5.26 Å². The Bertz CT molecular complexity index is 912. The molecule has 0 N–H and O–H groups in total. The number of nitriles is 1. The Morgan fingerprint density at radius 2 is 2.13 bits per heavy atom. The van der Waals surface area contributed by atoms with Gasteiger partial charge in [0.25, 0.3) is 0 Å². The molecule has 114 valence electrons. The predicted molar refractivity (Wildman–Crippen MR) is 90.0 cm³/mol. The van der Waals surface area contributed by atoms with Gasteiger partial charge in [-0.05, 0) is 42.1 Å². The number of thiophene rings is 1. The van der Waals surface area contributed by atoms with Gasteiger partial charge in [-0.3, -0.25) is 0 Å². The Morgan fingerprint density at radius 3 is 2.78 bits per heavy atom. The molecule has 1 unspecified atom stereocenters. The van der Waals surface area contributed by atoms with Crippen LogP contribution < -0.4 is 0 Å². The second-order valence-electron chi connectivity index (χ2n) is 5.31. The van der Waals surface area contributed by atoms with Crippen molar-refractivity contribution in [2.75, 3.05) is 7.11 Å². The molecule has 3 aromatic rings. The minimum Gasteiger partial charge on any atom is -0.468 e. The fraction of sp³-hybridized carbons (Fsp3) is 0.167. The summed E-state index contributed by atoms with van der Waals surface area (Å²) in [7, 11) is 1.29. The smallest absolute Gasteiger partial charge is 0.330 e. The second kappa shape index (κ2) is 5.82. The van der Waals surface area contributed by atoms with Crippen LogP contribution >= 0.6 is 11.3 Å². The van der Waals surface area contributed by atoms with Gasteiger partial charge in [0, 0.05) is 5.39 Å². The number of aromatic nitrogens is 1. The molecule has 2 heterocycles. The number of esters is 1. The van der Waals surface area contributed by atoms with E-state index in [2.05, 4.69) is 11.1 Å². The molecular formula is C18H14N2O2S. The van der Waals surface area contributed by atoms with Crippen LogP contribution in [0.3, 0.4) is 0 Å². The molecule has 0 radical (unpaired) electrons. The van der Waals surface area contributed by atoms with E-state index in [0.717, 1.165) is 21.5 Å². The van der Waals surface area contributed by atoms with Crippen LogP contribution in [-0.4, -0.2) is 18.1 Å². The maximum atomic E-state index is 12.0. The molecule has 0 fully saturated rings. The van der Waals surface area contributed by atoms with Gasteiger partial charge in [-0.15, -0.1) is 11.3 Å². The molecule has 0 saturated carbocycles. The third-order valence-corrected chi connectivity index (χ3v) is 4.75. The van der Waals surface area contributed by atoms with Crippen LogP contribution in [0.2, 0.25) is 0 Å². The van der Waals surface area contributed by atoms with E-state index in [1.54, 1.807) is 24.3 Å². The minimum atomic E-state index is -1.32. The second-order valence-corrected chi connectivity index (χ2v) is 6.26. The number of nitrogens with zero attached hydrogens (tertiary/aromatic N) is 2. The zero-order valence-electron chi connectivity index (χ0n) is 12.7. The first-order valence-electron chi connectivity index (χ1n) is 7.03. The van der Waals surface area contributed by atoms with Gasteiger partial charge in [0.15, 0.2) is 5.41 Å². The molecule has 5 heteroatoms. The Balaban J connectivity index is 2.09. The average Bonchev–Trinajstić information content (AvgIpc) is 3.14. The molecule has 0 aliphatic carbocycles. The SMILES string of the molecule is COC(=O)C(C)(C#N)c1ccc2nc(-c3cccs3)ccc2c1. The van der Waals surface area contributed by atoms with Gasteiger partial charge in [-0.2, -0.15) is 5.26 Å². The van der Waals surface area contributed by atoms with Gasteiger partial charge in [0.2, 0.25) is 0 Å². The highest BCUT2D eigenvalue weighted by atomic mass is 32.1. The lowest BCUT2D eigenvalue weighted by atomic mass is 9.83. The third kappa shape index (κ3) is 2.58. The van der Waals surface area contributed by atoms with Gasteiger partial charge < -0.3 is 4.74 Å². The van der Waals surface area contributed by atoms with Crippen molar-refractivity contribution in [3.8, 4) is 16.6 Å². The molecule has 4 nitrogen and oxygen atoms in total. The summed E-state index contributed by atoms with van der Waals surface area (Å²) in [6.45, 7) is 1.56. The molecule has 0 amide bonds. The highest BCUT2D eigenvalue weighted by Crippen LogP contribution is 2.29. The summed E-state index contributed by atoms with van der Waals surface area (Å²) in [5, 5.41) is 12.3. The number of fused-ring (bicyclic) bond motifs is 1. The lowest BCUT2D eigenvalue weighted by Gasteiger charge is -2.19. The zero-order chi connectivity index (χ0) is 16.4. The van der Waals surface area contributed by atoms with Gasteiger partial charge in [-0.25, -0.2) is 9.78 Å². The van der Waals surface area contributed by atoms with E-state index in [1.165, 1.54) is 7.11 Å². The van der Waals surface area contributed by atoms with Crippen LogP contribution in [0.1, 0.15) is 12.5 Å². The highest BCUT2D eigenvalue weighted by molar-refractivity contribution is 7.13. The quantitative estimate of drug-likeness (QED) is 0.686. The molecule has 3 rings (SSSR count). The number of pyridine rings is 1. The maximum Gasteiger partial charge on any atom is 0.330 e. The number of rotatable bonds is 3. The van der Waals surface area contributed by atoms with Crippen molar-refractivity contribution >= 4 is 28.2 Å². The van der Waals surface area contributed by atoms with Crippen molar-refractivity contribution in [2.24, 2.45) is 0 Å². The Labute approximate surface area is 138 Å². The van der Waals surface area contributed by atoms with Crippen LogP contribution in [0, 0.1) is 11.3 Å². The van der Waals surface area contributed by atoms with Crippen molar-refractivity contribution < 1.29 is 9.53 Å². The average molecular weight is 322 g/mol. The van der Waals surface area contributed by atoms with Crippen molar-refractivity contribution in [2.45, 2.75) is 12.3 Å². The van der Waals surface area contributed by atoms with E-state index in [1.807, 2.05) is 41.8 Å². The predicted octanol–water partition coefficient (Wildman–Crippen LogP) is 3.92. The molecule has 0 aliphatic heterocycles. The summed E-state index contributed by atoms with van der Waals surface area (Å²) in [4.78, 5) is 17.7. The summed E-state index contributed by atoms with van der Waals surface area (Å²) < 4.78 is 4.77. The standard InChI is InChI=1S/C18H14N2O2S/c1-18(11-19,17(21)22-2)13-6-8-14-12(10-13)5-7-15(20-14)16-4-3-9-23-16/h3-10H,1-2H3. The lowest BCUT2D eigenvalue weighted by molar-refractivity contribution is -0.144. The molecule has 2 aromatic heterocycles. The molecule has 1 atom stereocenters. The number of benzene rings is 1. The summed E-state index contributed by atoms with van der Waals surface area (Å²) in [5.41, 5.74) is 1.01. The largest absolute Gasteiger partial charge is 0.468 e. The van der Waals surface area contributed by atoms with Crippen LogP contribution in [0.15, 0.2) is 47.8 Å². The molecular weight excluding hydrogens is 308 g/mol. The monoisotopic (exact) mass is 322 g/mol. The van der Waals surface area contributed by atoms with Crippen molar-refractivity contribution in [3.63, 3.8) is 0 Å². The Kier molecular flexibility index (Phi) is 3.85. The Morgan fingerprint density at radius 1 is 1.30 bits per heavy atom. The number of carbonyl (C=O) groups is 1. The highest BCUT2D eigenvalue weighted by Gasteiger charge is 2.36. The molecule has 0 saturated heterocycles. The molecule has 1 aromatic carbocycles. The van der Waals surface area contributed by atoms with Crippen molar-refractivity contribution in [1.82, 2.24) is 4.98 Å². The van der Waals surface area contributed by atoms with E-state index < -0.39 is 11.4 Å². The number of carbonyl (C=O) groups excluding carboxylic acids is 1. The number of methoxy groups -OCH3 is 1. The number of ether oxygens (including phenoxy) is 1. The summed E-state index contributed by atoms with van der Waals surface area (Å²) >= 11 is 1.64. The third-order valence-electron chi connectivity index (χ3n) is 3.86. The molecule has 0 aliphatic rings. The molecule has 23 heavy (non-hydrogen) atoms. The zero-order valence-corrected chi connectivity index (χ0v) is 13.6. The van der Waals surface area contributed by atoms with E-state index in [9.17, 15) is 10.1 Å². The van der Waals surface area contributed by atoms with Crippen molar-refractivity contribution in [3.05, 3.63) is 53.4 Å². The van der Waals surface area contributed by atoms with Crippen LogP contribution in [0.5, 0.6) is 0 Å². The summed E-state index contributed by atoms with van der Waals surface area (Å²) in [6.07, 6.45) is 0. The first kappa shape index (κ1) is 15.2. The number of hydrogen-bond donors (Lipinski definition) is 0. The van der Waals surface area contributed by atoms with Gasteiger partial charge in [0.1, 0.15) is 0 Å². The topological polar surface area (TPSA) is 63.0 Å². The van der Waals surface area contributed by atoms with E-state index in [0.29, 0.717) is 5.56 Å². The Hall–Kier alpha value is -2.71. The first-order chi connectivity index (χ1) is 11.1. The van der Waals surface area contributed by atoms with Crippen LogP contribution in [0.4, 0.5) is 0 Å².